The molecule has 1 heterocycles. The van der Waals surface area contributed by atoms with Crippen molar-refractivity contribution in [2.45, 2.75) is 12.8 Å². The second kappa shape index (κ2) is 2.33. The number of anilines is 1. The lowest BCUT2D eigenvalue weighted by molar-refractivity contribution is 0.830. The Bertz CT molecular complexity index is 288. The lowest BCUT2D eigenvalue weighted by Crippen LogP contribution is -2.10. The molecule has 1 heteroatoms. The van der Waals surface area contributed by atoms with Gasteiger partial charge in [0, 0.05) is 13.6 Å². The number of aryl methyl sites for hydroxylation is 1. The third-order valence-electron chi connectivity index (χ3n) is 1.76. The molecule has 1 aromatic carbocycles. The van der Waals surface area contributed by atoms with Gasteiger partial charge >= 0.3 is 0 Å². The van der Waals surface area contributed by atoms with Crippen LogP contribution in [0.2, 0.25) is 1.41 Å². The number of fused-ring (bicyclic) bond motifs is 1. The fourth-order valence-corrected chi connectivity index (χ4v) is 1.23. The van der Waals surface area contributed by atoms with Crippen molar-refractivity contribution in [3.8, 4) is 0 Å². The van der Waals surface area contributed by atoms with Gasteiger partial charge in [0.15, 0.2) is 1.41 Å². The Morgan fingerprint density at radius 2 is 2.40 bits per heavy atom. The molecule has 0 fully saturated rings. The molecular formula is C9H11N. The highest BCUT2D eigenvalue weighted by atomic mass is 14.9. The highest BCUT2D eigenvalue weighted by Gasteiger charge is 2.04. The first-order valence-corrected chi connectivity index (χ1v) is 3.57. The molecule has 0 saturated carbocycles. The van der Waals surface area contributed by atoms with Crippen LogP contribution in [-0.2, 0) is 6.42 Å². The van der Waals surface area contributed by atoms with E-state index >= 15 is 0 Å². The van der Waals surface area contributed by atoms with Crippen LogP contribution >= 0.6 is 0 Å². The van der Waals surface area contributed by atoms with Crippen molar-refractivity contribution in [1.82, 2.24) is 0 Å². The van der Waals surface area contributed by atoms with Crippen molar-refractivity contribution >= 4 is 5.69 Å². The van der Waals surface area contributed by atoms with Crippen LogP contribution in [0.15, 0.2) is 24.3 Å². The van der Waals surface area contributed by atoms with Gasteiger partial charge in [-0.3, -0.25) is 0 Å². The highest BCUT2D eigenvalue weighted by Crippen LogP contribution is 2.19. The monoisotopic (exact) mass is 135 g/mol. The topological polar surface area (TPSA) is 12.0 Å². The van der Waals surface area contributed by atoms with E-state index in [2.05, 4.69) is 0 Å². The smallest absolute Gasteiger partial charge is 0.160 e. The zero-order valence-electron chi connectivity index (χ0n) is 7.75. The highest BCUT2D eigenvalue weighted by molar-refractivity contribution is 5.52. The summed E-state index contributed by atoms with van der Waals surface area (Å²) >= 11 is 0. The van der Waals surface area contributed by atoms with E-state index in [1.807, 2.05) is 24.3 Å². The van der Waals surface area contributed by atoms with Gasteiger partial charge < -0.3 is 5.31 Å². The molecule has 10 heavy (non-hydrogen) atoms. The molecule has 0 amide bonds. The Labute approximate surface area is 63.9 Å². The molecule has 0 saturated heterocycles. The van der Waals surface area contributed by atoms with E-state index in [0.717, 1.165) is 18.5 Å². The minimum Gasteiger partial charge on any atom is -0.385 e. The summed E-state index contributed by atoms with van der Waals surface area (Å²) in [6.45, 7) is -0.389. The summed E-state index contributed by atoms with van der Waals surface area (Å²) < 4.78 is 15.2. The summed E-state index contributed by atoms with van der Waals surface area (Å²) in [5, 5.41) is 1.29. The van der Waals surface area contributed by atoms with Crippen molar-refractivity contribution < 1.29 is 2.78 Å². The molecular weight excluding hydrogens is 122 g/mol. The molecule has 0 bridgehead atoms. The molecule has 0 spiro atoms. The Morgan fingerprint density at radius 1 is 1.50 bits per heavy atom. The van der Waals surface area contributed by atoms with Crippen LogP contribution in [0.4, 0.5) is 5.69 Å². The van der Waals surface area contributed by atoms with Crippen LogP contribution in [0.1, 0.15) is 13.4 Å². The molecule has 1 unspecified atom stereocenters. The van der Waals surface area contributed by atoms with Gasteiger partial charge in [0.25, 0.3) is 0 Å². The van der Waals surface area contributed by atoms with Crippen molar-refractivity contribution in [2.24, 2.45) is 0 Å². The molecule has 1 N–H and O–H groups in total. The van der Waals surface area contributed by atoms with E-state index in [1.54, 1.807) is 0 Å². The average molecular weight is 135 g/mol. The maximum absolute atomic E-state index is 7.61. The molecule has 0 aliphatic carbocycles. The normalized spacial score (nSPS) is 26.8. The molecule has 1 aliphatic rings. The van der Waals surface area contributed by atoms with Crippen molar-refractivity contribution in [3.63, 3.8) is 0 Å². The second-order valence-corrected chi connectivity index (χ2v) is 2.48. The average Bonchev–Trinajstić information content (AvgIpc) is 2.12. The van der Waals surface area contributed by atoms with E-state index in [1.165, 1.54) is 10.9 Å². The van der Waals surface area contributed by atoms with Crippen molar-refractivity contribution in [3.05, 3.63) is 29.8 Å². The second-order valence-electron chi connectivity index (χ2n) is 2.48. The molecule has 1 atom stereocenters. The molecule has 2 rings (SSSR count). The number of hydrogen-bond acceptors (Lipinski definition) is 1. The first kappa shape index (κ1) is 4.02. The van der Waals surface area contributed by atoms with E-state index in [9.17, 15) is 0 Å². The Hall–Kier alpha value is -0.980. The van der Waals surface area contributed by atoms with Gasteiger partial charge in [-0.1, -0.05) is 18.2 Å². The maximum atomic E-state index is 7.61. The third kappa shape index (κ3) is 0.878. The molecule has 0 radical (unpaired) electrons. The number of rotatable bonds is 0. The minimum absolute atomic E-state index is 0.389. The zero-order chi connectivity index (χ0) is 8.55. The van der Waals surface area contributed by atoms with Gasteiger partial charge in [-0.15, -0.1) is 0 Å². The minimum atomic E-state index is -0.389. The summed E-state index contributed by atoms with van der Waals surface area (Å²) in [5.74, 6) is 0. The molecule has 52 valence electrons. The third-order valence-corrected chi connectivity index (χ3v) is 1.76. The molecule has 0 aromatic heterocycles. The van der Waals surface area contributed by atoms with Crippen molar-refractivity contribution in [1.29, 1.82) is 0 Å². The van der Waals surface area contributed by atoms with Gasteiger partial charge in [0.1, 0.15) is 0 Å². The fraction of sp³-hybridized carbons (Fsp3) is 0.333. The van der Waals surface area contributed by atoms with Gasteiger partial charge in [0.05, 0.1) is 0 Å². The zero-order valence-corrected chi connectivity index (χ0v) is 5.75. The Kier molecular flexibility index (Phi) is 0.936. The van der Waals surface area contributed by atoms with Crippen LogP contribution < -0.4 is 5.31 Å². The van der Waals surface area contributed by atoms with Crippen LogP contribution in [0.3, 0.4) is 0 Å². The number of para-hydroxylation sites is 1. The summed E-state index contributed by atoms with van der Waals surface area (Å²) in [5.41, 5.74) is 2.08. The number of hydrogen-bond donors (Lipinski definition) is 1. The quantitative estimate of drug-likeness (QED) is 0.574. The van der Waals surface area contributed by atoms with Gasteiger partial charge in [-0.05, 0) is 24.5 Å². The number of nitrogens with one attached hydrogen (secondary N) is 1. The summed E-state index contributed by atoms with van der Waals surface area (Å²) in [4.78, 5) is 0. The first-order valence-electron chi connectivity index (χ1n) is 4.60. The van der Waals surface area contributed by atoms with Crippen molar-refractivity contribution in [2.75, 3.05) is 11.8 Å². The summed E-state index contributed by atoms with van der Waals surface area (Å²) in [6, 6.07) is 7.83. The van der Waals surface area contributed by atoms with Crippen LogP contribution in [-0.4, -0.2) is 6.52 Å². The van der Waals surface area contributed by atoms with E-state index < -0.39 is 0 Å². The van der Waals surface area contributed by atoms with Crippen LogP contribution in [0.5, 0.6) is 0 Å². The lowest BCUT2D eigenvalue weighted by atomic mass is 10.0. The van der Waals surface area contributed by atoms with Gasteiger partial charge in [-0.2, -0.15) is 0 Å². The Balaban J connectivity index is 2.42. The van der Waals surface area contributed by atoms with E-state index in [0.29, 0.717) is 0 Å². The molecule has 1 nitrogen and oxygen atoms in total. The number of benzene rings is 1. The van der Waals surface area contributed by atoms with Crippen LogP contribution in [0, 0.1) is 0 Å². The standard InChI is InChI=1S/C9H11N/c1-2-6-9-8(4-1)5-3-7-10-9/h1-2,4,6,10H,3,5,7H2/i7D/hD. The lowest BCUT2D eigenvalue weighted by Gasteiger charge is -2.16. The predicted molar refractivity (Wildman–Crippen MR) is 43.3 cm³/mol. The SMILES string of the molecule is [2H]C1CCc2ccccc2N1[2H]. The van der Waals surface area contributed by atoms with Gasteiger partial charge in [-0.25, -0.2) is 0 Å². The summed E-state index contributed by atoms with van der Waals surface area (Å²) in [6.07, 6.45) is 1.69. The maximum Gasteiger partial charge on any atom is 0.160 e. The van der Waals surface area contributed by atoms with Gasteiger partial charge in [0.2, 0.25) is 0 Å². The van der Waals surface area contributed by atoms with E-state index in [4.69, 9.17) is 2.78 Å². The predicted octanol–water partition coefficient (Wildman–Crippen LogP) is 2.04. The largest absolute Gasteiger partial charge is 0.385 e. The first-order chi connectivity index (χ1) is 5.79. The van der Waals surface area contributed by atoms with Crippen LogP contribution in [0.25, 0.3) is 0 Å². The van der Waals surface area contributed by atoms with E-state index in [-0.39, 0.29) is 6.52 Å². The Morgan fingerprint density at radius 3 is 3.40 bits per heavy atom. The molecule has 1 aromatic rings. The molecule has 1 aliphatic heterocycles. The fourth-order valence-electron chi connectivity index (χ4n) is 1.23. The summed E-state index contributed by atoms with van der Waals surface area (Å²) in [7, 11) is 0.